The SMILES string of the molecule is CC(C)(C)OC(=O)NC1(c2ccc(I)c(F)c2)CC1. The summed E-state index contributed by atoms with van der Waals surface area (Å²) in [5.74, 6) is -0.254. The van der Waals surface area contributed by atoms with Gasteiger partial charge in [-0.05, 0) is 73.9 Å². The second-order valence-corrected chi connectivity index (χ2v) is 7.00. The number of hydrogen-bond donors (Lipinski definition) is 1. The largest absolute Gasteiger partial charge is 0.444 e. The zero-order valence-corrected chi connectivity index (χ0v) is 13.4. The Bertz CT molecular complexity index is 507. The molecule has 0 atom stereocenters. The highest BCUT2D eigenvalue weighted by atomic mass is 127. The van der Waals surface area contributed by atoms with E-state index in [1.807, 2.05) is 49.4 Å². The molecule has 1 amide bonds. The van der Waals surface area contributed by atoms with E-state index in [0.717, 1.165) is 18.4 Å². The van der Waals surface area contributed by atoms with E-state index < -0.39 is 17.2 Å². The van der Waals surface area contributed by atoms with E-state index in [2.05, 4.69) is 5.32 Å². The lowest BCUT2D eigenvalue weighted by atomic mass is 10.1. The first-order chi connectivity index (χ1) is 8.72. The number of carbonyl (C=O) groups is 1. The van der Waals surface area contributed by atoms with Crippen LogP contribution in [-0.4, -0.2) is 11.7 Å². The van der Waals surface area contributed by atoms with Crippen molar-refractivity contribution in [2.24, 2.45) is 0 Å². The number of nitrogens with one attached hydrogen (secondary N) is 1. The average molecular weight is 377 g/mol. The maximum absolute atomic E-state index is 13.6. The van der Waals surface area contributed by atoms with Crippen LogP contribution in [0.2, 0.25) is 0 Å². The van der Waals surface area contributed by atoms with E-state index in [4.69, 9.17) is 4.74 Å². The molecule has 0 saturated heterocycles. The Morgan fingerprint density at radius 3 is 2.53 bits per heavy atom. The van der Waals surface area contributed by atoms with Gasteiger partial charge in [-0.15, -0.1) is 0 Å². The quantitative estimate of drug-likeness (QED) is 0.793. The highest BCUT2D eigenvalue weighted by Crippen LogP contribution is 2.46. The van der Waals surface area contributed by atoms with Crippen molar-refractivity contribution in [2.75, 3.05) is 0 Å². The number of amides is 1. The van der Waals surface area contributed by atoms with Crippen LogP contribution in [0.15, 0.2) is 18.2 Å². The highest BCUT2D eigenvalue weighted by Gasteiger charge is 2.46. The minimum absolute atomic E-state index is 0.254. The normalized spacial score (nSPS) is 16.9. The summed E-state index contributed by atoms with van der Waals surface area (Å²) in [7, 11) is 0. The Morgan fingerprint density at radius 2 is 2.05 bits per heavy atom. The molecule has 5 heteroatoms. The van der Waals surface area contributed by atoms with Crippen molar-refractivity contribution < 1.29 is 13.9 Å². The third kappa shape index (κ3) is 3.58. The standard InChI is InChI=1S/C14H17FINO2/c1-13(2,3)19-12(18)17-14(6-7-14)9-4-5-11(16)10(15)8-9/h4-5,8H,6-7H2,1-3H3,(H,17,18). The number of alkyl carbamates (subject to hydrolysis) is 1. The van der Waals surface area contributed by atoms with Gasteiger partial charge in [-0.2, -0.15) is 0 Å². The van der Waals surface area contributed by atoms with Gasteiger partial charge in [0.25, 0.3) is 0 Å². The van der Waals surface area contributed by atoms with Gasteiger partial charge in [-0.25, -0.2) is 9.18 Å². The first kappa shape index (κ1) is 14.6. The summed E-state index contributed by atoms with van der Waals surface area (Å²) in [6, 6.07) is 5.07. The molecule has 2 rings (SSSR count). The first-order valence-electron chi connectivity index (χ1n) is 6.19. The molecule has 1 aromatic carbocycles. The molecule has 19 heavy (non-hydrogen) atoms. The van der Waals surface area contributed by atoms with E-state index in [1.54, 1.807) is 6.07 Å². The predicted octanol–water partition coefficient (Wildman–Crippen LogP) is 3.94. The molecule has 0 bridgehead atoms. The summed E-state index contributed by atoms with van der Waals surface area (Å²) in [4.78, 5) is 11.8. The summed E-state index contributed by atoms with van der Waals surface area (Å²) < 4.78 is 19.4. The fraction of sp³-hybridized carbons (Fsp3) is 0.500. The molecular formula is C14H17FINO2. The van der Waals surface area contributed by atoms with Crippen molar-refractivity contribution in [3.63, 3.8) is 0 Å². The molecule has 0 aromatic heterocycles. The van der Waals surface area contributed by atoms with Crippen LogP contribution in [0.25, 0.3) is 0 Å². The van der Waals surface area contributed by atoms with Crippen molar-refractivity contribution in [1.29, 1.82) is 0 Å². The van der Waals surface area contributed by atoms with Crippen LogP contribution in [0, 0.1) is 9.39 Å². The molecule has 0 spiro atoms. The summed E-state index contributed by atoms with van der Waals surface area (Å²) in [6.07, 6.45) is 1.17. The van der Waals surface area contributed by atoms with Crippen molar-refractivity contribution in [2.45, 2.75) is 44.8 Å². The summed E-state index contributed by atoms with van der Waals surface area (Å²) in [6.45, 7) is 5.45. The number of hydrogen-bond acceptors (Lipinski definition) is 2. The lowest BCUT2D eigenvalue weighted by Gasteiger charge is -2.23. The Hall–Kier alpha value is -0.850. The maximum Gasteiger partial charge on any atom is 0.408 e. The molecule has 0 unspecified atom stereocenters. The lowest BCUT2D eigenvalue weighted by Crippen LogP contribution is -2.39. The average Bonchev–Trinajstić information content (AvgIpc) is 3.00. The minimum atomic E-state index is -0.530. The number of ether oxygens (including phenoxy) is 1. The van der Waals surface area contributed by atoms with Crippen LogP contribution in [0.3, 0.4) is 0 Å². The van der Waals surface area contributed by atoms with Crippen LogP contribution in [0.1, 0.15) is 39.2 Å². The molecule has 1 saturated carbocycles. The number of rotatable bonds is 2. The fourth-order valence-electron chi connectivity index (χ4n) is 1.90. The van der Waals surface area contributed by atoms with Crippen LogP contribution in [-0.2, 0) is 10.3 Å². The Kier molecular flexibility index (Phi) is 3.77. The third-order valence-electron chi connectivity index (χ3n) is 2.96. The van der Waals surface area contributed by atoms with Gasteiger partial charge in [0.05, 0.1) is 5.54 Å². The van der Waals surface area contributed by atoms with Gasteiger partial charge in [0.15, 0.2) is 0 Å². The molecular weight excluding hydrogens is 360 g/mol. The molecule has 1 aliphatic carbocycles. The topological polar surface area (TPSA) is 38.3 Å². The minimum Gasteiger partial charge on any atom is -0.444 e. The summed E-state index contributed by atoms with van der Waals surface area (Å²) in [5, 5.41) is 2.86. The Balaban J connectivity index is 2.11. The van der Waals surface area contributed by atoms with Crippen LogP contribution < -0.4 is 5.32 Å². The van der Waals surface area contributed by atoms with Gasteiger partial charge in [0.1, 0.15) is 11.4 Å². The van der Waals surface area contributed by atoms with E-state index in [9.17, 15) is 9.18 Å². The van der Waals surface area contributed by atoms with Gasteiger partial charge in [0.2, 0.25) is 0 Å². The molecule has 0 aliphatic heterocycles. The van der Waals surface area contributed by atoms with Gasteiger partial charge in [0, 0.05) is 3.57 Å². The monoisotopic (exact) mass is 377 g/mol. The van der Waals surface area contributed by atoms with Gasteiger partial charge < -0.3 is 10.1 Å². The number of carbonyl (C=O) groups excluding carboxylic acids is 1. The molecule has 3 nitrogen and oxygen atoms in total. The van der Waals surface area contributed by atoms with Crippen LogP contribution >= 0.6 is 22.6 Å². The van der Waals surface area contributed by atoms with E-state index in [0.29, 0.717) is 3.57 Å². The maximum atomic E-state index is 13.6. The Morgan fingerprint density at radius 1 is 1.42 bits per heavy atom. The second kappa shape index (κ2) is 4.92. The molecule has 104 valence electrons. The summed E-state index contributed by atoms with van der Waals surface area (Å²) in [5.41, 5.74) is -0.179. The lowest BCUT2D eigenvalue weighted by molar-refractivity contribution is 0.0495. The highest BCUT2D eigenvalue weighted by molar-refractivity contribution is 14.1. The number of halogens is 2. The van der Waals surface area contributed by atoms with Crippen molar-refractivity contribution in [3.8, 4) is 0 Å². The molecule has 0 radical (unpaired) electrons. The smallest absolute Gasteiger partial charge is 0.408 e. The molecule has 1 aromatic rings. The van der Waals surface area contributed by atoms with Crippen LogP contribution in [0.4, 0.5) is 9.18 Å². The molecule has 0 heterocycles. The van der Waals surface area contributed by atoms with E-state index >= 15 is 0 Å². The second-order valence-electron chi connectivity index (χ2n) is 5.84. The fourth-order valence-corrected chi connectivity index (χ4v) is 2.24. The van der Waals surface area contributed by atoms with E-state index in [-0.39, 0.29) is 5.82 Å². The van der Waals surface area contributed by atoms with E-state index in [1.165, 1.54) is 6.07 Å². The van der Waals surface area contributed by atoms with Gasteiger partial charge in [-0.3, -0.25) is 0 Å². The van der Waals surface area contributed by atoms with Gasteiger partial charge in [-0.1, -0.05) is 6.07 Å². The van der Waals surface area contributed by atoms with Crippen molar-refractivity contribution in [1.82, 2.24) is 5.32 Å². The zero-order chi connectivity index (χ0) is 14.3. The molecule has 1 aliphatic rings. The summed E-state index contributed by atoms with van der Waals surface area (Å²) >= 11 is 1.95. The predicted molar refractivity (Wildman–Crippen MR) is 79.4 cm³/mol. The third-order valence-corrected chi connectivity index (χ3v) is 3.84. The van der Waals surface area contributed by atoms with Crippen molar-refractivity contribution >= 4 is 28.7 Å². The zero-order valence-electron chi connectivity index (χ0n) is 11.2. The number of benzene rings is 1. The molecule has 1 N–H and O–H groups in total. The Labute approximate surface area is 126 Å². The van der Waals surface area contributed by atoms with Gasteiger partial charge >= 0.3 is 6.09 Å². The van der Waals surface area contributed by atoms with Crippen LogP contribution in [0.5, 0.6) is 0 Å². The first-order valence-corrected chi connectivity index (χ1v) is 7.26. The van der Waals surface area contributed by atoms with Crippen molar-refractivity contribution in [3.05, 3.63) is 33.1 Å². The molecule has 1 fully saturated rings.